The summed E-state index contributed by atoms with van der Waals surface area (Å²) in [6, 6.07) is 8.73. The van der Waals surface area contributed by atoms with E-state index in [4.69, 9.17) is 0 Å². The van der Waals surface area contributed by atoms with Gasteiger partial charge in [-0.25, -0.2) is 19.7 Å². The van der Waals surface area contributed by atoms with Gasteiger partial charge in [0, 0.05) is 21.7 Å². The van der Waals surface area contributed by atoms with Crippen LogP contribution in [0.15, 0.2) is 41.0 Å². The number of hydrogen-bond donors (Lipinski definition) is 1. The lowest BCUT2D eigenvalue weighted by molar-refractivity contribution is 0.0699. The smallest absolute Gasteiger partial charge is 0.336 e. The molecule has 5 nitrogen and oxygen atoms in total. The number of nitrogens with zero attached hydrogens (tertiary/aromatic N) is 3. The standard InChI is InChI=1S/C17H12BrN3O2/c1-10-6-7-19-16(20-10)5-3-12-2-4-13-14(17(22)23)8-11(18)9-15(13)21-12/h2-9H,1H3,(H,22,23)/b5-3+. The van der Waals surface area contributed by atoms with Crippen LogP contribution in [0.2, 0.25) is 0 Å². The van der Waals surface area contributed by atoms with Gasteiger partial charge in [-0.15, -0.1) is 0 Å². The molecule has 0 saturated carbocycles. The molecule has 2 heterocycles. The molecule has 0 bridgehead atoms. The molecule has 0 spiro atoms. The van der Waals surface area contributed by atoms with Crippen LogP contribution in [0.25, 0.3) is 23.1 Å². The predicted molar refractivity (Wildman–Crippen MR) is 92.1 cm³/mol. The zero-order valence-corrected chi connectivity index (χ0v) is 13.8. The van der Waals surface area contributed by atoms with Gasteiger partial charge in [0.2, 0.25) is 0 Å². The van der Waals surface area contributed by atoms with E-state index in [1.54, 1.807) is 42.6 Å². The van der Waals surface area contributed by atoms with Crippen molar-refractivity contribution in [2.75, 3.05) is 0 Å². The molecule has 0 aliphatic heterocycles. The molecule has 1 aromatic carbocycles. The van der Waals surface area contributed by atoms with Crippen molar-refractivity contribution in [3.63, 3.8) is 0 Å². The van der Waals surface area contributed by atoms with Crippen LogP contribution in [0, 0.1) is 6.92 Å². The largest absolute Gasteiger partial charge is 0.478 e. The lowest BCUT2D eigenvalue weighted by Crippen LogP contribution is -1.98. The zero-order valence-electron chi connectivity index (χ0n) is 12.2. The van der Waals surface area contributed by atoms with E-state index in [0.29, 0.717) is 26.9 Å². The second kappa shape index (κ2) is 6.26. The van der Waals surface area contributed by atoms with Crippen LogP contribution in [0.5, 0.6) is 0 Å². The number of pyridine rings is 1. The number of aryl methyl sites for hydroxylation is 1. The summed E-state index contributed by atoms with van der Waals surface area (Å²) in [6.45, 7) is 1.90. The molecule has 0 aliphatic carbocycles. The summed E-state index contributed by atoms with van der Waals surface area (Å²) < 4.78 is 0.679. The van der Waals surface area contributed by atoms with Crippen LogP contribution in [-0.2, 0) is 0 Å². The number of aromatic nitrogens is 3. The number of carbonyl (C=O) groups is 1. The Balaban J connectivity index is 2.02. The molecule has 3 aromatic rings. The van der Waals surface area contributed by atoms with E-state index < -0.39 is 5.97 Å². The first-order valence-electron chi connectivity index (χ1n) is 6.84. The van der Waals surface area contributed by atoms with Gasteiger partial charge in [-0.05, 0) is 49.4 Å². The number of hydrogen-bond acceptors (Lipinski definition) is 4. The maximum Gasteiger partial charge on any atom is 0.336 e. The molecular weight excluding hydrogens is 358 g/mol. The quantitative estimate of drug-likeness (QED) is 0.755. The van der Waals surface area contributed by atoms with E-state index in [0.717, 1.165) is 5.69 Å². The average Bonchev–Trinajstić information content (AvgIpc) is 2.51. The Labute approximate surface area is 140 Å². The number of aromatic carboxylic acids is 1. The molecule has 23 heavy (non-hydrogen) atoms. The first-order chi connectivity index (χ1) is 11.0. The van der Waals surface area contributed by atoms with Gasteiger partial charge in [-0.3, -0.25) is 0 Å². The average molecular weight is 370 g/mol. The van der Waals surface area contributed by atoms with Gasteiger partial charge in [-0.2, -0.15) is 0 Å². The molecule has 0 fully saturated rings. The van der Waals surface area contributed by atoms with Crippen LogP contribution in [0.3, 0.4) is 0 Å². The number of carboxylic acids is 1. The minimum Gasteiger partial charge on any atom is -0.478 e. The molecular formula is C17H12BrN3O2. The lowest BCUT2D eigenvalue weighted by Gasteiger charge is -2.04. The fourth-order valence-corrected chi connectivity index (χ4v) is 2.64. The summed E-state index contributed by atoms with van der Waals surface area (Å²) in [5.41, 5.74) is 2.43. The molecule has 2 aromatic heterocycles. The highest BCUT2D eigenvalue weighted by Crippen LogP contribution is 2.24. The zero-order chi connectivity index (χ0) is 16.4. The molecule has 0 unspecified atom stereocenters. The summed E-state index contributed by atoms with van der Waals surface area (Å²) in [5.74, 6) is -0.373. The topological polar surface area (TPSA) is 76.0 Å². The Morgan fingerprint density at radius 1 is 1.17 bits per heavy atom. The molecule has 3 rings (SSSR count). The normalized spacial score (nSPS) is 11.2. The Morgan fingerprint density at radius 2 is 2.00 bits per heavy atom. The van der Waals surface area contributed by atoms with Crippen LogP contribution in [0.1, 0.15) is 27.6 Å². The number of benzene rings is 1. The van der Waals surface area contributed by atoms with E-state index in [1.807, 2.05) is 13.0 Å². The molecule has 0 amide bonds. The second-order valence-electron chi connectivity index (χ2n) is 4.95. The van der Waals surface area contributed by atoms with Crippen molar-refractivity contribution in [3.8, 4) is 0 Å². The summed E-state index contributed by atoms with van der Waals surface area (Å²) >= 11 is 3.32. The second-order valence-corrected chi connectivity index (χ2v) is 5.87. The monoisotopic (exact) mass is 369 g/mol. The maximum atomic E-state index is 11.3. The Hall–Kier alpha value is -2.60. The molecule has 0 atom stereocenters. The minimum atomic E-state index is -0.977. The first kappa shape index (κ1) is 15.3. The lowest BCUT2D eigenvalue weighted by atomic mass is 10.1. The van der Waals surface area contributed by atoms with Gasteiger partial charge >= 0.3 is 5.97 Å². The summed E-state index contributed by atoms with van der Waals surface area (Å²) in [4.78, 5) is 24.2. The van der Waals surface area contributed by atoms with Crippen LogP contribution in [-0.4, -0.2) is 26.0 Å². The third kappa shape index (κ3) is 3.43. The molecule has 1 N–H and O–H groups in total. The van der Waals surface area contributed by atoms with Crippen molar-refractivity contribution < 1.29 is 9.90 Å². The van der Waals surface area contributed by atoms with E-state index >= 15 is 0 Å². The number of carboxylic acid groups (broad SMARTS) is 1. The van der Waals surface area contributed by atoms with Crippen LogP contribution < -0.4 is 0 Å². The van der Waals surface area contributed by atoms with E-state index in [2.05, 4.69) is 30.9 Å². The molecule has 6 heteroatoms. The SMILES string of the molecule is Cc1ccnc(/C=C/c2ccc3c(C(=O)O)cc(Br)cc3n2)n1. The summed E-state index contributed by atoms with van der Waals surface area (Å²) in [6.07, 6.45) is 5.28. The van der Waals surface area contributed by atoms with Crippen LogP contribution >= 0.6 is 15.9 Å². The van der Waals surface area contributed by atoms with Crippen molar-refractivity contribution in [1.82, 2.24) is 15.0 Å². The fourth-order valence-electron chi connectivity index (χ4n) is 2.19. The third-order valence-electron chi connectivity index (χ3n) is 3.24. The highest BCUT2D eigenvalue weighted by atomic mass is 79.9. The Bertz CT molecular complexity index is 938. The molecule has 0 radical (unpaired) electrons. The number of halogens is 1. The van der Waals surface area contributed by atoms with Crippen molar-refractivity contribution in [2.45, 2.75) is 6.92 Å². The molecule has 0 aliphatic rings. The van der Waals surface area contributed by atoms with Gasteiger partial charge < -0.3 is 5.11 Å². The Morgan fingerprint density at radius 3 is 2.74 bits per heavy atom. The van der Waals surface area contributed by atoms with Gasteiger partial charge in [0.05, 0.1) is 16.8 Å². The van der Waals surface area contributed by atoms with Gasteiger partial charge in [0.1, 0.15) is 0 Å². The molecule has 0 saturated heterocycles. The van der Waals surface area contributed by atoms with E-state index in [1.165, 1.54) is 0 Å². The van der Waals surface area contributed by atoms with Crippen molar-refractivity contribution in [1.29, 1.82) is 0 Å². The Kier molecular flexibility index (Phi) is 4.16. The fraction of sp³-hybridized carbons (Fsp3) is 0.0588. The van der Waals surface area contributed by atoms with Crippen LogP contribution in [0.4, 0.5) is 0 Å². The summed E-state index contributed by atoms with van der Waals surface area (Å²) in [5, 5.41) is 9.88. The summed E-state index contributed by atoms with van der Waals surface area (Å²) in [7, 11) is 0. The van der Waals surface area contributed by atoms with Crippen molar-refractivity contribution in [3.05, 3.63) is 63.8 Å². The highest BCUT2D eigenvalue weighted by molar-refractivity contribution is 9.10. The van der Waals surface area contributed by atoms with Crippen molar-refractivity contribution in [2.24, 2.45) is 0 Å². The minimum absolute atomic E-state index is 0.222. The third-order valence-corrected chi connectivity index (χ3v) is 3.70. The molecule has 114 valence electrons. The van der Waals surface area contributed by atoms with Crippen molar-refractivity contribution >= 4 is 45.0 Å². The van der Waals surface area contributed by atoms with Gasteiger partial charge in [-0.1, -0.05) is 15.9 Å². The number of fused-ring (bicyclic) bond motifs is 1. The van der Waals surface area contributed by atoms with E-state index in [9.17, 15) is 9.90 Å². The first-order valence-corrected chi connectivity index (χ1v) is 7.63. The predicted octanol–water partition coefficient (Wildman–Crippen LogP) is 3.96. The highest BCUT2D eigenvalue weighted by Gasteiger charge is 2.10. The van der Waals surface area contributed by atoms with Gasteiger partial charge in [0.25, 0.3) is 0 Å². The van der Waals surface area contributed by atoms with Gasteiger partial charge in [0.15, 0.2) is 5.82 Å². The van der Waals surface area contributed by atoms with E-state index in [-0.39, 0.29) is 5.56 Å². The number of rotatable bonds is 3. The maximum absolute atomic E-state index is 11.3.